The quantitative estimate of drug-likeness (QED) is 0.488. The minimum Gasteiger partial charge on any atom is -0.489 e. The van der Waals surface area contributed by atoms with Gasteiger partial charge in [0.15, 0.2) is 5.43 Å². The van der Waals surface area contributed by atoms with E-state index in [9.17, 15) is 4.79 Å². The van der Waals surface area contributed by atoms with Crippen molar-refractivity contribution in [3.8, 4) is 16.9 Å². The maximum Gasteiger partial charge on any atom is 0.193 e. The number of thioether (sulfide) groups is 1. The molecule has 5 rings (SSSR count). The van der Waals surface area contributed by atoms with Crippen molar-refractivity contribution in [2.45, 2.75) is 18.8 Å². The summed E-state index contributed by atoms with van der Waals surface area (Å²) in [7, 11) is 0. The Morgan fingerprint density at radius 2 is 1.72 bits per heavy atom. The molecule has 1 aliphatic heterocycles. The van der Waals surface area contributed by atoms with Gasteiger partial charge in [0.05, 0.1) is 0 Å². The third-order valence-electron chi connectivity index (χ3n) is 5.37. The smallest absolute Gasteiger partial charge is 0.193 e. The molecule has 29 heavy (non-hydrogen) atoms. The van der Waals surface area contributed by atoms with Gasteiger partial charge >= 0.3 is 0 Å². The highest BCUT2D eigenvalue weighted by molar-refractivity contribution is 7.98. The van der Waals surface area contributed by atoms with E-state index < -0.39 is 0 Å². The monoisotopic (exact) mass is 399 g/mol. The fourth-order valence-corrected chi connectivity index (χ4v) is 4.76. The Hall–Kier alpha value is -2.98. The lowest BCUT2D eigenvalue weighted by Gasteiger charge is -2.16. The molecule has 0 unspecified atom stereocenters. The first-order valence-corrected chi connectivity index (χ1v) is 11.0. The number of nitrogens with one attached hydrogen (secondary N) is 1. The molecule has 0 radical (unpaired) electrons. The Morgan fingerprint density at radius 1 is 0.931 bits per heavy atom. The minimum absolute atomic E-state index is 0.172. The SMILES string of the molecule is O=c1c2c([nH]c3ccc(-c4ccc(OCc5ccccc5)cc4)cc13)CCSC2. The standard InChI is InChI=1S/C25H21NO2S/c27-25-21-14-19(8-11-23(21)26-24-12-13-29-16-22(24)25)18-6-9-20(10-7-18)28-15-17-4-2-1-3-5-17/h1-11,14H,12-13,15-16H2,(H,26,27). The topological polar surface area (TPSA) is 42.1 Å². The maximum absolute atomic E-state index is 13.0. The molecule has 1 aromatic heterocycles. The van der Waals surface area contributed by atoms with Crippen molar-refractivity contribution in [1.82, 2.24) is 4.98 Å². The average molecular weight is 400 g/mol. The third-order valence-corrected chi connectivity index (χ3v) is 6.35. The second-order valence-electron chi connectivity index (χ2n) is 7.27. The number of aromatic nitrogens is 1. The molecule has 4 aromatic rings. The van der Waals surface area contributed by atoms with Gasteiger partial charge in [0, 0.05) is 27.9 Å². The van der Waals surface area contributed by atoms with E-state index in [1.54, 1.807) is 0 Å². The minimum atomic E-state index is 0.172. The third kappa shape index (κ3) is 3.68. The highest BCUT2D eigenvalue weighted by Crippen LogP contribution is 2.27. The van der Waals surface area contributed by atoms with Crippen molar-refractivity contribution < 1.29 is 4.74 Å². The van der Waals surface area contributed by atoms with Crippen LogP contribution < -0.4 is 10.2 Å². The predicted molar refractivity (Wildman–Crippen MR) is 121 cm³/mol. The number of pyridine rings is 1. The van der Waals surface area contributed by atoms with Crippen LogP contribution in [0.25, 0.3) is 22.0 Å². The van der Waals surface area contributed by atoms with Gasteiger partial charge in [-0.3, -0.25) is 4.79 Å². The van der Waals surface area contributed by atoms with Crippen LogP contribution in [-0.4, -0.2) is 10.7 Å². The second kappa shape index (κ2) is 7.80. The molecule has 2 heterocycles. The van der Waals surface area contributed by atoms with Gasteiger partial charge in [0.2, 0.25) is 0 Å². The number of benzene rings is 3. The number of rotatable bonds is 4. The Balaban J connectivity index is 1.41. The number of aromatic amines is 1. The lowest BCUT2D eigenvalue weighted by Crippen LogP contribution is -2.18. The van der Waals surface area contributed by atoms with E-state index >= 15 is 0 Å². The summed E-state index contributed by atoms with van der Waals surface area (Å²) >= 11 is 1.83. The van der Waals surface area contributed by atoms with Gasteiger partial charge in [-0.15, -0.1) is 0 Å². The Morgan fingerprint density at radius 3 is 2.55 bits per heavy atom. The maximum atomic E-state index is 13.0. The summed E-state index contributed by atoms with van der Waals surface area (Å²) in [6.45, 7) is 0.550. The van der Waals surface area contributed by atoms with Gasteiger partial charge in [-0.05, 0) is 53.1 Å². The zero-order valence-corrected chi connectivity index (χ0v) is 16.8. The summed E-state index contributed by atoms with van der Waals surface area (Å²) in [6, 6.07) is 24.3. The highest BCUT2D eigenvalue weighted by Gasteiger charge is 2.16. The van der Waals surface area contributed by atoms with Crippen LogP contribution in [0.2, 0.25) is 0 Å². The first kappa shape index (κ1) is 18.1. The summed E-state index contributed by atoms with van der Waals surface area (Å²) in [5, 5.41) is 0.771. The molecule has 0 spiro atoms. The van der Waals surface area contributed by atoms with Gasteiger partial charge in [0.1, 0.15) is 12.4 Å². The van der Waals surface area contributed by atoms with E-state index in [1.807, 2.05) is 66.4 Å². The molecule has 0 bridgehead atoms. The van der Waals surface area contributed by atoms with Crippen molar-refractivity contribution >= 4 is 22.7 Å². The Labute approximate surface area is 173 Å². The van der Waals surface area contributed by atoms with E-state index in [4.69, 9.17) is 4.74 Å². The van der Waals surface area contributed by atoms with Crippen LogP contribution in [0.5, 0.6) is 5.75 Å². The summed E-state index contributed by atoms with van der Waals surface area (Å²) in [5.41, 5.74) is 6.40. The van der Waals surface area contributed by atoms with E-state index in [1.165, 1.54) is 0 Å². The molecule has 0 aliphatic carbocycles. The predicted octanol–water partition coefficient (Wildman–Crippen LogP) is 5.56. The van der Waals surface area contributed by atoms with E-state index in [2.05, 4.69) is 23.2 Å². The number of fused-ring (bicyclic) bond motifs is 2. The number of aryl methyl sites for hydroxylation is 1. The van der Waals surface area contributed by atoms with Crippen LogP contribution >= 0.6 is 11.8 Å². The van der Waals surface area contributed by atoms with Gasteiger partial charge < -0.3 is 9.72 Å². The molecule has 0 saturated carbocycles. The lowest BCUT2D eigenvalue weighted by molar-refractivity contribution is 0.306. The fourth-order valence-electron chi connectivity index (χ4n) is 3.76. The van der Waals surface area contributed by atoms with Crippen LogP contribution in [0, 0.1) is 0 Å². The van der Waals surface area contributed by atoms with Crippen LogP contribution in [0.15, 0.2) is 77.6 Å². The Kier molecular flexibility index (Phi) is 4.86. The zero-order chi connectivity index (χ0) is 19.6. The molecule has 144 valence electrons. The van der Waals surface area contributed by atoms with Crippen molar-refractivity contribution in [2.24, 2.45) is 0 Å². The molecule has 0 atom stereocenters. The fraction of sp³-hybridized carbons (Fsp3) is 0.160. The number of H-pyrrole nitrogens is 1. The summed E-state index contributed by atoms with van der Waals surface area (Å²) in [6.07, 6.45) is 0.942. The number of hydrogen-bond donors (Lipinski definition) is 1. The van der Waals surface area contributed by atoms with Crippen molar-refractivity contribution in [1.29, 1.82) is 0 Å². The van der Waals surface area contributed by atoms with Crippen LogP contribution in [0.1, 0.15) is 16.8 Å². The molecule has 4 heteroatoms. The van der Waals surface area contributed by atoms with Crippen LogP contribution in [-0.2, 0) is 18.8 Å². The molecule has 1 N–H and O–H groups in total. The van der Waals surface area contributed by atoms with E-state index in [-0.39, 0.29) is 5.43 Å². The molecule has 3 aromatic carbocycles. The van der Waals surface area contributed by atoms with Crippen LogP contribution in [0.3, 0.4) is 0 Å². The first-order valence-electron chi connectivity index (χ1n) is 9.81. The van der Waals surface area contributed by atoms with Gasteiger partial charge in [-0.1, -0.05) is 48.5 Å². The summed E-state index contributed by atoms with van der Waals surface area (Å²) in [4.78, 5) is 16.5. The molecule has 1 aliphatic rings. The van der Waals surface area contributed by atoms with Gasteiger partial charge in [-0.2, -0.15) is 11.8 Å². The molecular formula is C25H21NO2S. The number of hydrogen-bond acceptors (Lipinski definition) is 3. The molecule has 3 nitrogen and oxygen atoms in total. The normalized spacial score (nSPS) is 13.2. The second-order valence-corrected chi connectivity index (χ2v) is 8.38. The average Bonchev–Trinajstić information content (AvgIpc) is 2.79. The number of ether oxygens (including phenoxy) is 1. The zero-order valence-electron chi connectivity index (χ0n) is 16.0. The van der Waals surface area contributed by atoms with E-state index in [0.717, 1.165) is 62.5 Å². The Bertz CT molecular complexity index is 1210. The van der Waals surface area contributed by atoms with Crippen molar-refractivity contribution in [2.75, 3.05) is 5.75 Å². The summed E-state index contributed by atoms with van der Waals surface area (Å²) in [5.74, 6) is 2.71. The molecule has 0 saturated heterocycles. The molecule has 0 fully saturated rings. The summed E-state index contributed by atoms with van der Waals surface area (Å²) < 4.78 is 5.88. The first-order chi connectivity index (χ1) is 14.3. The highest BCUT2D eigenvalue weighted by atomic mass is 32.2. The van der Waals surface area contributed by atoms with Gasteiger partial charge in [0.25, 0.3) is 0 Å². The lowest BCUT2D eigenvalue weighted by atomic mass is 10.0. The van der Waals surface area contributed by atoms with Gasteiger partial charge in [-0.25, -0.2) is 0 Å². The van der Waals surface area contributed by atoms with Crippen molar-refractivity contribution in [3.05, 3.63) is 99.8 Å². The molecular weight excluding hydrogens is 378 g/mol. The largest absolute Gasteiger partial charge is 0.489 e. The van der Waals surface area contributed by atoms with E-state index in [0.29, 0.717) is 6.61 Å². The molecule has 0 amide bonds. The van der Waals surface area contributed by atoms with Crippen LogP contribution in [0.4, 0.5) is 0 Å². The van der Waals surface area contributed by atoms with Crippen molar-refractivity contribution in [3.63, 3.8) is 0 Å².